The molecule has 8 heteroatoms. The average Bonchev–Trinajstić information content (AvgIpc) is 2.76. The van der Waals surface area contributed by atoms with Crippen LogP contribution in [0.25, 0.3) is 0 Å². The number of carbonyl (C=O) groups is 2. The highest BCUT2D eigenvalue weighted by atomic mass is 32.2. The summed E-state index contributed by atoms with van der Waals surface area (Å²) in [6, 6.07) is 19.1. The van der Waals surface area contributed by atoms with E-state index in [4.69, 9.17) is 23.7 Å². The second-order valence-electron chi connectivity index (χ2n) is 7.30. The van der Waals surface area contributed by atoms with Crippen molar-refractivity contribution in [2.75, 3.05) is 6.61 Å². The molecule has 0 saturated carbocycles. The van der Waals surface area contributed by atoms with Gasteiger partial charge in [0.05, 0.1) is 6.61 Å². The normalized spacial score (nSPS) is 30.1. The Morgan fingerprint density at radius 3 is 2.13 bits per heavy atom. The molecule has 0 N–H and O–H groups in total. The Labute approximate surface area is 185 Å². The third-order valence-electron chi connectivity index (χ3n) is 4.96. The van der Waals surface area contributed by atoms with Gasteiger partial charge in [0.25, 0.3) is 0 Å². The summed E-state index contributed by atoms with van der Waals surface area (Å²) >= 11 is 1.40. The molecule has 7 nitrogen and oxygen atoms in total. The van der Waals surface area contributed by atoms with E-state index in [2.05, 4.69) is 0 Å². The van der Waals surface area contributed by atoms with E-state index in [1.807, 2.05) is 60.7 Å². The van der Waals surface area contributed by atoms with Gasteiger partial charge in [-0.05, 0) is 12.1 Å². The topological polar surface area (TPSA) is 80.3 Å². The summed E-state index contributed by atoms with van der Waals surface area (Å²) in [5.41, 5.74) is 0.240. The van der Waals surface area contributed by atoms with Crippen molar-refractivity contribution in [2.24, 2.45) is 0 Å². The van der Waals surface area contributed by atoms with Crippen LogP contribution in [0, 0.1) is 0 Å². The number of hydrogen-bond acceptors (Lipinski definition) is 8. The first kappa shape index (κ1) is 21.8. The van der Waals surface area contributed by atoms with Gasteiger partial charge in [-0.2, -0.15) is 0 Å². The summed E-state index contributed by atoms with van der Waals surface area (Å²) in [5.74, 6) is -0.979. The molecule has 0 aliphatic carbocycles. The lowest BCUT2D eigenvalue weighted by molar-refractivity contribution is -0.320. The molecule has 31 heavy (non-hydrogen) atoms. The van der Waals surface area contributed by atoms with E-state index in [9.17, 15) is 9.59 Å². The van der Waals surface area contributed by atoms with Crippen molar-refractivity contribution in [1.29, 1.82) is 0 Å². The Hall–Kier alpha value is -2.39. The third kappa shape index (κ3) is 5.27. The fourth-order valence-electron chi connectivity index (χ4n) is 3.70. The van der Waals surface area contributed by atoms with Crippen LogP contribution in [0.4, 0.5) is 0 Å². The number of carbonyl (C=O) groups excluding carboxylic acids is 2. The molecule has 164 valence electrons. The van der Waals surface area contributed by atoms with Crippen molar-refractivity contribution in [3.8, 4) is 0 Å². The van der Waals surface area contributed by atoms with E-state index in [1.54, 1.807) is 0 Å². The Bertz CT molecular complexity index is 891. The molecule has 0 amide bonds. The van der Waals surface area contributed by atoms with Gasteiger partial charge in [0, 0.05) is 24.3 Å². The Morgan fingerprint density at radius 1 is 0.871 bits per heavy atom. The van der Waals surface area contributed by atoms with E-state index in [0.717, 1.165) is 10.5 Å². The highest BCUT2D eigenvalue weighted by molar-refractivity contribution is 7.99. The van der Waals surface area contributed by atoms with Crippen molar-refractivity contribution >= 4 is 23.7 Å². The summed E-state index contributed by atoms with van der Waals surface area (Å²) in [4.78, 5) is 24.8. The van der Waals surface area contributed by atoms with Crippen LogP contribution in [0.15, 0.2) is 65.6 Å². The second kappa shape index (κ2) is 9.82. The SMILES string of the molecule is CC(=O)O[C@@H]1[C@@H](OC(C)=O)[C@H](Sc2ccccc2)O[C@@H]2CO[C@@H](c3ccccc3)O[C@@H]12. The maximum absolute atomic E-state index is 11.9. The highest BCUT2D eigenvalue weighted by Crippen LogP contribution is 2.41. The lowest BCUT2D eigenvalue weighted by Crippen LogP contribution is -2.63. The predicted molar refractivity (Wildman–Crippen MR) is 112 cm³/mol. The van der Waals surface area contributed by atoms with Gasteiger partial charge < -0.3 is 23.7 Å². The predicted octanol–water partition coefficient (Wildman–Crippen LogP) is 3.48. The molecule has 2 saturated heterocycles. The summed E-state index contributed by atoms with van der Waals surface area (Å²) in [6.07, 6.45) is -3.46. The summed E-state index contributed by atoms with van der Waals surface area (Å²) in [7, 11) is 0. The molecule has 6 atom stereocenters. The van der Waals surface area contributed by atoms with Gasteiger partial charge in [0.2, 0.25) is 0 Å². The van der Waals surface area contributed by atoms with Gasteiger partial charge in [0.1, 0.15) is 17.6 Å². The molecular formula is C23H24O7S. The molecule has 2 aliphatic rings. The molecule has 2 aromatic carbocycles. The van der Waals surface area contributed by atoms with E-state index >= 15 is 0 Å². The summed E-state index contributed by atoms with van der Waals surface area (Å²) in [5, 5.41) is 0. The zero-order valence-electron chi connectivity index (χ0n) is 17.2. The lowest BCUT2D eigenvalue weighted by atomic mass is 9.98. The molecule has 0 aromatic heterocycles. The molecule has 2 fully saturated rings. The first-order chi connectivity index (χ1) is 15.0. The second-order valence-corrected chi connectivity index (χ2v) is 8.47. The van der Waals surface area contributed by atoms with Crippen molar-refractivity contribution in [3.63, 3.8) is 0 Å². The largest absolute Gasteiger partial charge is 0.456 e. The van der Waals surface area contributed by atoms with Crippen LogP contribution in [-0.4, -0.2) is 48.4 Å². The molecule has 4 rings (SSSR count). The minimum absolute atomic E-state index is 0.251. The average molecular weight is 445 g/mol. The molecule has 2 aliphatic heterocycles. The number of benzene rings is 2. The Morgan fingerprint density at radius 2 is 1.48 bits per heavy atom. The van der Waals surface area contributed by atoms with E-state index < -0.39 is 48.1 Å². The zero-order valence-corrected chi connectivity index (χ0v) is 18.0. The maximum Gasteiger partial charge on any atom is 0.303 e. The standard InChI is InChI=1S/C23H24O7S/c1-14(24)27-20-19-18(13-26-22(30-19)16-9-5-3-6-10-16)29-23(21(20)28-15(2)25)31-17-11-7-4-8-12-17/h3-12,18-23H,13H2,1-2H3/t18-,19-,20+,21-,22-,23+/m1/s1. The van der Waals surface area contributed by atoms with Crippen molar-refractivity contribution in [3.05, 3.63) is 66.2 Å². The monoisotopic (exact) mass is 444 g/mol. The minimum atomic E-state index is -0.845. The molecule has 0 radical (unpaired) electrons. The third-order valence-corrected chi connectivity index (χ3v) is 6.11. The molecule has 0 spiro atoms. The summed E-state index contributed by atoms with van der Waals surface area (Å²) in [6.45, 7) is 2.89. The Balaban J connectivity index is 1.62. The fraction of sp³-hybridized carbons (Fsp3) is 0.391. The quantitative estimate of drug-likeness (QED) is 0.649. The van der Waals surface area contributed by atoms with Gasteiger partial charge in [-0.15, -0.1) is 0 Å². The van der Waals surface area contributed by atoms with Gasteiger partial charge in [0.15, 0.2) is 18.5 Å². The van der Waals surface area contributed by atoms with Crippen molar-refractivity contribution < 1.29 is 33.3 Å². The smallest absolute Gasteiger partial charge is 0.303 e. The summed E-state index contributed by atoms with van der Waals surface area (Å²) < 4.78 is 29.6. The van der Waals surface area contributed by atoms with E-state index in [1.165, 1.54) is 25.6 Å². The number of rotatable bonds is 5. The number of esters is 2. The van der Waals surface area contributed by atoms with Crippen LogP contribution >= 0.6 is 11.8 Å². The van der Waals surface area contributed by atoms with Gasteiger partial charge in [-0.25, -0.2) is 0 Å². The molecule has 2 heterocycles. The van der Waals surface area contributed by atoms with Crippen LogP contribution < -0.4 is 0 Å². The van der Waals surface area contributed by atoms with Gasteiger partial charge >= 0.3 is 11.9 Å². The zero-order chi connectivity index (χ0) is 21.8. The van der Waals surface area contributed by atoms with Crippen LogP contribution in [0.1, 0.15) is 25.7 Å². The molecule has 2 aromatic rings. The number of fused-ring (bicyclic) bond motifs is 1. The van der Waals surface area contributed by atoms with Gasteiger partial charge in [-0.1, -0.05) is 60.3 Å². The molecule has 0 unspecified atom stereocenters. The van der Waals surface area contributed by atoms with Crippen LogP contribution in [-0.2, 0) is 33.3 Å². The maximum atomic E-state index is 11.9. The molecular weight excluding hydrogens is 420 g/mol. The lowest BCUT2D eigenvalue weighted by Gasteiger charge is -2.48. The van der Waals surface area contributed by atoms with E-state index in [-0.39, 0.29) is 6.61 Å². The highest BCUT2D eigenvalue weighted by Gasteiger charge is 2.53. The minimum Gasteiger partial charge on any atom is -0.456 e. The van der Waals surface area contributed by atoms with Crippen LogP contribution in [0.3, 0.4) is 0 Å². The molecule has 0 bridgehead atoms. The van der Waals surface area contributed by atoms with E-state index in [0.29, 0.717) is 0 Å². The first-order valence-corrected chi connectivity index (χ1v) is 10.9. The first-order valence-electron chi connectivity index (χ1n) is 10.0. The number of thioether (sulfide) groups is 1. The van der Waals surface area contributed by atoms with Gasteiger partial charge in [-0.3, -0.25) is 9.59 Å². The Kier molecular flexibility index (Phi) is 6.92. The fourth-order valence-corrected chi connectivity index (χ4v) is 4.82. The van der Waals surface area contributed by atoms with Crippen LogP contribution in [0.2, 0.25) is 0 Å². The van der Waals surface area contributed by atoms with Crippen molar-refractivity contribution in [2.45, 2.75) is 54.9 Å². The van der Waals surface area contributed by atoms with Crippen molar-refractivity contribution in [1.82, 2.24) is 0 Å². The number of ether oxygens (including phenoxy) is 5. The van der Waals surface area contributed by atoms with Crippen LogP contribution in [0.5, 0.6) is 0 Å². The number of hydrogen-bond donors (Lipinski definition) is 0.